The van der Waals surface area contributed by atoms with Crippen molar-refractivity contribution in [1.29, 1.82) is 0 Å². The predicted molar refractivity (Wildman–Crippen MR) is 120 cm³/mol. The largest absolute Gasteiger partial charge is 0.337 e. The monoisotopic (exact) mass is 445 g/mol. The number of halogens is 1. The number of carbonyl (C=O) groups is 2. The first kappa shape index (κ1) is 21.2. The molecule has 1 aromatic carbocycles. The van der Waals surface area contributed by atoms with Crippen LogP contribution >= 0.6 is 0 Å². The van der Waals surface area contributed by atoms with Crippen LogP contribution in [0, 0.1) is 12.7 Å². The molecule has 2 aromatic heterocycles. The van der Waals surface area contributed by atoms with Gasteiger partial charge in [-0.15, -0.1) is 0 Å². The highest BCUT2D eigenvalue weighted by molar-refractivity contribution is 6.00. The van der Waals surface area contributed by atoms with Gasteiger partial charge in [-0.05, 0) is 49.6 Å². The third-order valence-corrected chi connectivity index (χ3v) is 6.28. The molecule has 4 heterocycles. The molecule has 33 heavy (non-hydrogen) atoms. The van der Waals surface area contributed by atoms with Gasteiger partial charge in [0.15, 0.2) is 0 Å². The number of nitrogens with zero attached hydrogens (tertiary/aromatic N) is 5. The highest BCUT2D eigenvalue weighted by Gasteiger charge is 2.34. The van der Waals surface area contributed by atoms with Crippen molar-refractivity contribution in [1.82, 2.24) is 19.9 Å². The summed E-state index contributed by atoms with van der Waals surface area (Å²) in [7, 11) is 0. The predicted octanol–water partition coefficient (Wildman–Crippen LogP) is 3.43. The molecular weight excluding hydrogens is 421 g/mol. The number of fused-ring (bicyclic) bond motifs is 1. The molecule has 1 saturated heterocycles. The van der Waals surface area contributed by atoms with E-state index in [1.165, 1.54) is 12.1 Å². The number of amides is 2. The van der Waals surface area contributed by atoms with Crippen LogP contribution in [0.2, 0.25) is 0 Å². The fourth-order valence-electron chi connectivity index (χ4n) is 4.58. The SMILES string of the molecule is Cc1nc([C@H]2CCCN(C(=O)c3ccccn3)C2)nc2c1CC(=O)N2Cc1cccc(F)c1. The fourth-order valence-corrected chi connectivity index (χ4v) is 4.58. The van der Waals surface area contributed by atoms with Gasteiger partial charge in [0.05, 0.1) is 13.0 Å². The minimum absolute atomic E-state index is 0.0258. The third kappa shape index (κ3) is 4.20. The Morgan fingerprint density at radius 1 is 1.18 bits per heavy atom. The van der Waals surface area contributed by atoms with Crippen LogP contribution in [0.15, 0.2) is 48.7 Å². The van der Waals surface area contributed by atoms with Gasteiger partial charge in [0.25, 0.3) is 5.91 Å². The number of likely N-dealkylation sites (tertiary alicyclic amines) is 1. The van der Waals surface area contributed by atoms with E-state index in [0.717, 1.165) is 24.1 Å². The van der Waals surface area contributed by atoms with Gasteiger partial charge in [-0.2, -0.15) is 0 Å². The van der Waals surface area contributed by atoms with E-state index in [4.69, 9.17) is 9.97 Å². The Hall–Kier alpha value is -3.68. The van der Waals surface area contributed by atoms with E-state index in [0.29, 0.717) is 36.0 Å². The van der Waals surface area contributed by atoms with E-state index in [-0.39, 0.29) is 36.5 Å². The number of aromatic nitrogens is 3. The summed E-state index contributed by atoms with van der Waals surface area (Å²) in [5.41, 5.74) is 2.73. The topological polar surface area (TPSA) is 79.3 Å². The van der Waals surface area contributed by atoms with Crippen LogP contribution in [-0.2, 0) is 17.8 Å². The fraction of sp³-hybridized carbons (Fsp3) is 0.320. The number of hydrogen-bond acceptors (Lipinski definition) is 5. The van der Waals surface area contributed by atoms with Crippen molar-refractivity contribution < 1.29 is 14.0 Å². The summed E-state index contributed by atoms with van der Waals surface area (Å²) in [5, 5.41) is 0. The maximum Gasteiger partial charge on any atom is 0.272 e. The standard InChI is InChI=1S/C25H24FN5O2/c1-16-20-13-22(32)31(14-17-6-4-8-19(26)12-17)24(20)29-23(28-16)18-7-5-11-30(15-18)25(33)21-9-2-3-10-27-21/h2-4,6,8-10,12,18H,5,7,11,13-15H2,1H3/t18-/m0/s1. The van der Waals surface area contributed by atoms with Gasteiger partial charge in [-0.1, -0.05) is 18.2 Å². The molecule has 0 aliphatic carbocycles. The van der Waals surface area contributed by atoms with E-state index >= 15 is 0 Å². The van der Waals surface area contributed by atoms with Crippen LogP contribution in [0.1, 0.15) is 51.9 Å². The zero-order valence-corrected chi connectivity index (χ0v) is 18.4. The number of benzene rings is 1. The smallest absolute Gasteiger partial charge is 0.272 e. The Bertz CT molecular complexity index is 1220. The quantitative estimate of drug-likeness (QED) is 0.615. The maximum absolute atomic E-state index is 13.7. The van der Waals surface area contributed by atoms with Gasteiger partial charge < -0.3 is 4.90 Å². The van der Waals surface area contributed by atoms with E-state index in [1.807, 2.05) is 6.92 Å². The summed E-state index contributed by atoms with van der Waals surface area (Å²) < 4.78 is 13.7. The highest BCUT2D eigenvalue weighted by Crippen LogP contribution is 2.33. The normalized spacial score (nSPS) is 17.9. The summed E-state index contributed by atoms with van der Waals surface area (Å²) in [5.74, 6) is 0.713. The molecule has 0 unspecified atom stereocenters. The average Bonchev–Trinajstić information content (AvgIpc) is 3.15. The molecule has 1 fully saturated rings. The second-order valence-electron chi connectivity index (χ2n) is 8.56. The molecule has 1 atom stereocenters. The molecular formula is C25H24FN5O2. The van der Waals surface area contributed by atoms with Crippen LogP contribution < -0.4 is 4.90 Å². The highest BCUT2D eigenvalue weighted by atomic mass is 19.1. The summed E-state index contributed by atoms with van der Waals surface area (Å²) >= 11 is 0. The van der Waals surface area contributed by atoms with Gasteiger partial charge in [0.1, 0.15) is 23.2 Å². The molecule has 0 radical (unpaired) electrons. The Balaban J connectivity index is 1.41. The summed E-state index contributed by atoms with van der Waals surface area (Å²) in [6.45, 7) is 3.32. The number of anilines is 1. The number of carbonyl (C=O) groups excluding carboxylic acids is 2. The molecule has 0 N–H and O–H groups in total. The number of pyridine rings is 1. The van der Waals surface area contributed by atoms with Crippen molar-refractivity contribution in [3.63, 3.8) is 0 Å². The van der Waals surface area contributed by atoms with Crippen LogP contribution in [0.4, 0.5) is 10.2 Å². The van der Waals surface area contributed by atoms with Crippen molar-refractivity contribution in [2.75, 3.05) is 18.0 Å². The first-order valence-corrected chi connectivity index (χ1v) is 11.1. The van der Waals surface area contributed by atoms with Crippen molar-refractivity contribution in [2.45, 2.75) is 38.6 Å². The van der Waals surface area contributed by atoms with E-state index in [1.54, 1.807) is 46.3 Å². The molecule has 2 aliphatic rings. The van der Waals surface area contributed by atoms with Gasteiger partial charge >= 0.3 is 0 Å². The molecule has 7 nitrogen and oxygen atoms in total. The van der Waals surface area contributed by atoms with Gasteiger partial charge in [-0.25, -0.2) is 14.4 Å². The number of rotatable bonds is 4. The number of aryl methyl sites for hydroxylation is 1. The molecule has 0 saturated carbocycles. The Labute approximate surface area is 191 Å². The van der Waals surface area contributed by atoms with Gasteiger partial charge in [0.2, 0.25) is 5.91 Å². The average molecular weight is 445 g/mol. The zero-order valence-electron chi connectivity index (χ0n) is 18.4. The molecule has 5 rings (SSSR count). The molecule has 0 bridgehead atoms. The van der Waals surface area contributed by atoms with E-state index < -0.39 is 0 Å². The van der Waals surface area contributed by atoms with Crippen molar-refractivity contribution in [3.8, 4) is 0 Å². The molecule has 2 amide bonds. The lowest BCUT2D eigenvalue weighted by Crippen LogP contribution is -2.40. The van der Waals surface area contributed by atoms with Crippen molar-refractivity contribution in [3.05, 3.63) is 82.8 Å². The lowest BCUT2D eigenvalue weighted by molar-refractivity contribution is -0.117. The lowest BCUT2D eigenvalue weighted by atomic mass is 9.96. The summed E-state index contributed by atoms with van der Waals surface area (Å²) in [6.07, 6.45) is 3.56. The third-order valence-electron chi connectivity index (χ3n) is 6.28. The molecule has 3 aromatic rings. The van der Waals surface area contributed by atoms with E-state index in [2.05, 4.69) is 4.98 Å². The van der Waals surface area contributed by atoms with E-state index in [9.17, 15) is 14.0 Å². The summed E-state index contributed by atoms with van der Waals surface area (Å²) in [6, 6.07) is 11.6. The van der Waals surface area contributed by atoms with Crippen LogP contribution in [0.3, 0.4) is 0 Å². The first-order valence-electron chi connectivity index (χ1n) is 11.1. The minimum atomic E-state index is -0.334. The Kier molecular flexibility index (Phi) is 5.58. The Morgan fingerprint density at radius 3 is 2.85 bits per heavy atom. The lowest BCUT2D eigenvalue weighted by Gasteiger charge is -2.32. The zero-order chi connectivity index (χ0) is 22.9. The summed E-state index contributed by atoms with van der Waals surface area (Å²) in [4.78, 5) is 42.8. The van der Waals surface area contributed by atoms with Gasteiger partial charge in [0, 0.05) is 36.5 Å². The molecule has 8 heteroatoms. The number of piperidine rings is 1. The second kappa shape index (κ2) is 8.69. The molecule has 2 aliphatic heterocycles. The van der Waals surface area contributed by atoms with Crippen LogP contribution in [-0.4, -0.2) is 44.8 Å². The van der Waals surface area contributed by atoms with Crippen LogP contribution in [0.5, 0.6) is 0 Å². The van der Waals surface area contributed by atoms with Crippen molar-refractivity contribution >= 4 is 17.6 Å². The second-order valence-corrected chi connectivity index (χ2v) is 8.56. The molecule has 0 spiro atoms. The maximum atomic E-state index is 13.7. The molecule has 168 valence electrons. The minimum Gasteiger partial charge on any atom is -0.337 e. The van der Waals surface area contributed by atoms with Crippen molar-refractivity contribution in [2.24, 2.45) is 0 Å². The Morgan fingerprint density at radius 2 is 2.06 bits per heavy atom. The van der Waals surface area contributed by atoms with Crippen LogP contribution in [0.25, 0.3) is 0 Å². The number of hydrogen-bond donors (Lipinski definition) is 0. The first-order chi connectivity index (χ1) is 16.0. The van der Waals surface area contributed by atoms with Gasteiger partial charge in [-0.3, -0.25) is 19.5 Å².